The zero-order valence-electron chi connectivity index (χ0n) is 4.11. The summed E-state index contributed by atoms with van der Waals surface area (Å²) in [5.74, 6) is 0. The quantitative estimate of drug-likeness (QED) is 0.314. The third-order valence-electron chi connectivity index (χ3n) is 0. The molecule has 0 spiro atoms. The highest BCUT2D eigenvalue weighted by Crippen LogP contribution is 1.60. The van der Waals surface area contributed by atoms with Gasteiger partial charge in [-0.3, -0.25) is 0 Å². The summed E-state index contributed by atoms with van der Waals surface area (Å²) in [7, 11) is -4.69. The lowest BCUT2D eigenvalue weighted by molar-refractivity contribution is -1.92. The Kier molecular flexibility index (Phi) is 6.02. The first-order chi connectivity index (χ1) is 3.73. The van der Waals surface area contributed by atoms with Gasteiger partial charge in [0.15, 0.2) is 5.11 Å². The van der Waals surface area contributed by atoms with Gasteiger partial charge in [-0.1, -0.05) is 0 Å². The Hall–Kier alpha value is -0.180. The van der Waals surface area contributed by atoms with Crippen LogP contribution in [-0.4, -0.2) is 9.77 Å². The summed E-state index contributed by atoms with van der Waals surface area (Å²) in [6.45, 7) is 0. The second-order valence-electron chi connectivity index (χ2n) is 0.798. The summed E-state index contributed by atoms with van der Waals surface area (Å²) >= 11 is 4.09. The Labute approximate surface area is 58.4 Å². The number of thiocarbonyl (C=S) groups is 1. The van der Waals surface area contributed by atoms with Gasteiger partial charge in [-0.25, -0.2) is 0 Å². The minimum atomic E-state index is -4.69. The minimum Gasteiger partial charge on any atom is -0.377 e. The van der Waals surface area contributed by atoms with Gasteiger partial charge in [0.05, 0.1) is 14.9 Å². The van der Waals surface area contributed by atoms with Gasteiger partial charge in [-0.15, -0.1) is 0 Å². The molecule has 0 aliphatic carbocycles. The molecule has 56 valence electrons. The second-order valence-corrected chi connectivity index (χ2v) is 2.06. The summed E-state index contributed by atoms with van der Waals surface area (Å²) in [5, 5.41) is 0.000000000000000222. The molecule has 8 heteroatoms. The Morgan fingerprint density at radius 3 is 1.33 bits per heavy atom. The van der Waals surface area contributed by atoms with E-state index in [9.17, 15) is 0 Å². The molecule has 0 aromatic rings. The predicted molar refractivity (Wildman–Crippen MR) is 23.2 cm³/mol. The molecule has 0 aliphatic heterocycles. The van der Waals surface area contributed by atoms with Gasteiger partial charge in [0.1, 0.15) is 0 Å². The molecule has 0 radical (unpaired) electrons. The number of rotatable bonds is 0. The normalized spacial score (nSPS) is 9.33. The molecule has 0 heterocycles. The highest BCUT2D eigenvalue weighted by Gasteiger charge is 1.98. The molecule has 0 aromatic heterocycles. The van der Waals surface area contributed by atoms with Gasteiger partial charge in [-0.05, 0) is 12.2 Å². The highest BCUT2D eigenvalue weighted by atomic mass is 35.7. The average Bonchev–Trinajstić information content (AvgIpc) is 1.19. The first-order valence-corrected chi connectivity index (χ1v) is 3.09. The van der Waals surface area contributed by atoms with Crippen molar-refractivity contribution in [2.75, 3.05) is 0 Å². The Balaban J connectivity index is 0. The lowest BCUT2D eigenvalue weighted by Crippen LogP contribution is -2.58. The zero-order chi connectivity index (χ0) is 8.08. The van der Waals surface area contributed by atoms with Gasteiger partial charge in [0, 0.05) is 0 Å². The summed E-state index contributed by atoms with van der Waals surface area (Å²) < 4.78 is 32.7. The van der Waals surface area contributed by atoms with E-state index in [1.165, 1.54) is 0 Å². The molecule has 0 aliphatic rings. The van der Waals surface area contributed by atoms with E-state index in [2.05, 4.69) is 23.7 Å². The van der Waals surface area contributed by atoms with Crippen LogP contribution in [0.4, 0.5) is 0 Å². The van der Waals surface area contributed by atoms with Crippen molar-refractivity contribution in [3.8, 4) is 0 Å². The smallest absolute Gasteiger partial charge is 0.160 e. The summed E-state index contributed by atoms with van der Waals surface area (Å²) in [4.78, 5) is 0. The molecule has 0 unspecified atom stereocenters. The lowest BCUT2D eigenvalue weighted by atomic mass is 11.3. The van der Waals surface area contributed by atoms with E-state index in [4.69, 9.17) is 18.6 Å². The first kappa shape index (κ1) is 11.6. The summed E-state index contributed by atoms with van der Waals surface area (Å²) in [6, 6.07) is 0. The van der Waals surface area contributed by atoms with Crippen LogP contribution in [-0.2, 0) is 0 Å². The standard InChI is InChI=1S/CH4N2S.ClHO4/c2-1(3)4;2-1(3,4)5/h(H4,2,3,4);(H,2,3,4,5). The molecule has 5 N–H and O–H groups in total. The highest BCUT2D eigenvalue weighted by molar-refractivity contribution is 7.80. The van der Waals surface area contributed by atoms with Crippen LogP contribution >= 0.6 is 12.2 Å². The van der Waals surface area contributed by atoms with Crippen LogP contribution in [0, 0.1) is 10.2 Å². The van der Waals surface area contributed by atoms with Crippen LogP contribution in [0.3, 0.4) is 0 Å². The van der Waals surface area contributed by atoms with Crippen molar-refractivity contribution in [1.29, 1.82) is 0 Å². The molecule has 0 atom stereocenters. The van der Waals surface area contributed by atoms with E-state index < -0.39 is 10.2 Å². The fourth-order valence-corrected chi connectivity index (χ4v) is 0. The fraction of sp³-hybridized carbons (Fsp3) is 0. The van der Waals surface area contributed by atoms with Crippen LogP contribution in [0.25, 0.3) is 0 Å². The van der Waals surface area contributed by atoms with Crippen molar-refractivity contribution in [3.05, 3.63) is 0 Å². The van der Waals surface area contributed by atoms with Gasteiger partial charge >= 0.3 is 0 Å². The SMILES string of the molecule is NC(N)=S.[O-][Cl+3]([O-])([O-])O. The van der Waals surface area contributed by atoms with E-state index >= 15 is 0 Å². The maximum absolute atomic E-state index is 8.60. The van der Waals surface area contributed by atoms with E-state index in [0.717, 1.165) is 0 Å². The van der Waals surface area contributed by atoms with Crippen molar-refractivity contribution in [3.63, 3.8) is 0 Å². The van der Waals surface area contributed by atoms with Crippen molar-refractivity contribution in [2.24, 2.45) is 11.5 Å². The third kappa shape index (κ3) is 8180. The molecule has 0 amide bonds. The van der Waals surface area contributed by atoms with E-state index in [1.807, 2.05) is 0 Å². The van der Waals surface area contributed by atoms with Gasteiger partial charge in [0.2, 0.25) is 0 Å². The maximum atomic E-state index is 8.60. The van der Waals surface area contributed by atoms with Crippen LogP contribution in [0.2, 0.25) is 0 Å². The Bertz CT molecular complexity index is 81.1. The Morgan fingerprint density at radius 2 is 1.33 bits per heavy atom. The van der Waals surface area contributed by atoms with Gasteiger partial charge in [-0.2, -0.15) is 14.0 Å². The molecule has 0 saturated carbocycles. The molecule has 0 aromatic carbocycles. The third-order valence-corrected chi connectivity index (χ3v) is 0. The van der Waals surface area contributed by atoms with Crippen LogP contribution in [0.1, 0.15) is 0 Å². The first-order valence-electron chi connectivity index (χ1n) is 1.41. The Morgan fingerprint density at radius 1 is 1.33 bits per heavy atom. The molecule has 0 rings (SSSR count). The summed E-state index contributed by atoms with van der Waals surface area (Å²) in [6.07, 6.45) is 0. The second kappa shape index (κ2) is 4.68. The van der Waals surface area contributed by atoms with Crippen LogP contribution in [0.15, 0.2) is 0 Å². The number of hydrogen-bond donors (Lipinski definition) is 3. The molecule has 6 nitrogen and oxygen atoms in total. The minimum absolute atomic E-state index is 0.000000000000000222. The monoisotopic (exact) mass is 176 g/mol. The fourth-order valence-electron chi connectivity index (χ4n) is 0. The number of halogens is 1. The van der Waals surface area contributed by atoms with E-state index in [1.54, 1.807) is 0 Å². The van der Waals surface area contributed by atoms with Gasteiger partial charge in [0.25, 0.3) is 0 Å². The van der Waals surface area contributed by atoms with Crippen LogP contribution in [0.5, 0.6) is 0 Å². The lowest BCUT2D eigenvalue weighted by Gasteiger charge is -2.03. The average molecular weight is 177 g/mol. The van der Waals surface area contributed by atoms with E-state index in [0.29, 0.717) is 0 Å². The molecule has 0 bridgehead atoms. The van der Waals surface area contributed by atoms with Crippen molar-refractivity contribution < 1.29 is 28.9 Å². The maximum Gasteiger partial charge on any atom is 0.160 e. The molecular formula is CH5ClN2O4S. The molecular weight excluding hydrogens is 172 g/mol. The van der Waals surface area contributed by atoms with E-state index in [-0.39, 0.29) is 5.11 Å². The van der Waals surface area contributed by atoms with Gasteiger partial charge < -0.3 is 11.5 Å². The van der Waals surface area contributed by atoms with Crippen molar-refractivity contribution in [2.45, 2.75) is 0 Å². The van der Waals surface area contributed by atoms with Crippen molar-refractivity contribution in [1.82, 2.24) is 0 Å². The molecule has 0 fully saturated rings. The zero-order valence-corrected chi connectivity index (χ0v) is 5.69. The number of nitrogens with two attached hydrogens (primary N) is 2. The molecule has 9 heavy (non-hydrogen) atoms. The number of hydrogen-bond acceptors (Lipinski definition) is 5. The van der Waals surface area contributed by atoms with Crippen LogP contribution < -0.4 is 25.4 Å². The predicted octanol–water partition coefficient (Wildman–Crippen LogP) is -4.94. The molecule has 0 saturated heterocycles. The largest absolute Gasteiger partial charge is 0.377 e. The van der Waals surface area contributed by atoms with Crippen molar-refractivity contribution >= 4 is 17.3 Å². The topological polar surface area (TPSA) is 141 Å². The summed E-state index contributed by atoms with van der Waals surface area (Å²) in [5.41, 5.74) is 9.24.